The number of benzene rings is 1. The first-order chi connectivity index (χ1) is 11.8. The van der Waals surface area contributed by atoms with Crippen molar-refractivity contribution in [3.05, 3.63) is 47.3 Å². The summed E-state index contributed by atoms with van der Waals surface area (Å²) in [4.78, 5) is 34.1. The molecule has 0 radical (unpaired) electrons. The molecule has 0 atom stereocenters. The lowest BCUT2D eigenvalue weighted by atomic mass is 10.1. The van der Waals surface area contributed by atoms with E-state index >= 15 is 0 Å². The highest BCUT2D eigenvalue weighted by atomic mass is 16.5. The average molecular weight is 345 g/mol. The molecule has 1 heterocycles. The Bertz CT molecular complexity index is 765. The van der Waals surface area contributed by atoms with E-state index in [9.17, 15) is 14.4 Å². The van der Waals surface area contributed by atoms with Gasteiger partial charge in [-0.15, -0.1) is 0 Å². The van der Waals surface area contributed by atoms with Crippen LogP contribution in [0, 0.1) is 0 Å². The number of hydrogen-bond donors (Lipinski definition) is 3. The number of aliphatic carboxylic acids is 1. The van der Waals surface area contributed by atoms with Gasteiger partial charge in [-0.2, -0.15) is 0 Å². The molecule has 3 N–H and O–H groups in total. The first-order valence-corrected chi connectivity index (χ1v) is 7.70. The number of nitrogens with one attached hydrogen (secondary N) is 2. The molecule has 0 aliphatic rings. The fourth-order valence-electron chi connectivity index (χ4n) is 1.99. The second-order valence-corrected chi connectivity index (χ2v) is 5.77. The lowest BCUT2D eigenvalue weighted by Crippen LogP contribution is -2.30. The maximum Gasteiger partial charge on any atom is 0.322 e. The van der Waals surface area contributed by atoms with Gasteiger partial charge in [0.05, 0.1) is 6.42 Å². The van der Waals surface area contributed by atoms with Gasteiger partial charge in [0.25, 0.3) is 5.91 Å². The summed E-state index contributed by atoms with van der Waals surface area (Å²) < 4.78 is 5.09. The molecule has 0 spiro atoms. The molecule has 2 rings (SSSR count). The number of hydrogen-bond acceptors (Lipinski definition) is 5. The molecular weight excluding hydrogens is 326 g/mol. The van der Waals surface area contributed by atoms with Gasteiger partial charge in [0.1, 0.15) is 12.3 Å². The van der Waals surface area contributed by atoms with E-state index in [1.165, 1.54) is 0 Å². The first kappa shape index (κ1) is 18.2. The molecule has 132 valence electrons. The number of amides is 2. The molecule has 1 aromatic carbocycles. The van der Waals surface area contributed by atoms with Crippen LogP contribution in [0.3, 0.4) is 0 Å². The van der Waals surface area contributed by atoms with Gasteiger partial charge in [-0.25, -0.2) is 0 Å². The number of anilines is 1. The van der Waals surface area contributed by atoms with Crippen molar-refractivity contribution in [1.82, 2.24) is 10.5 Å². The van der Waals surface area contributed by atoms with Gasteiger partial charge in [0, 0.05) is 17.7 Å². The van der Waals surface area contributed by atoms with Crippen LogP contribution in [0.4, 0.5) is 5.69 Å². The molecule has 0 saturated carbocycles. The van der Waals surface area contributed by atoms with Crippen LogP contribution in [0.2, 0.25) is 0 Å². The van der Waals surface area contributed by atoms with E-state index < -0.39 is 12.5 Å². The Morgan fingerprint density at radius 1 is 1.20 bits per heavy atom. The highest BCUT2D eigenvalue weighted by molar-refractivity contribution is 6.02. The van der Waals surface area contributed by atoms with Gasteiger partial charge in [0.15, 0.2) is 5.69 Å². The van der Waals surface area contributed by atoms with Crippen molar-refractivity contribution in [2.24, 2.45) is 0 Å². The summed E-state index contributed by atoms with van der Waals surface area (Å²) in [6.45, 7) is 3.46. The average Bonchev–Trinajstić information content (AvgIpc) is 3.05. The first-order valence-electron chi connectivity index (χ1n) is 7.70. The Morgan fingerprint density at radius 3 is 2.44 bits per heavy atom. The minimum atomic E-state index is -1.10. The number of rotatable bonds is 7. The van der Waals surface area contributed by atoms with Crippen LogP contribution in [0.25, 0.3) is 0 Å². The Morgan fingerprint density at radius 2 is 1.88 bits per heavy atom. The summed E-state index contributed by atoms with van der Waals surface area (Å²) in [5.41, 5.74) is 1.44. The van der Waals surface area contributed by atoms with Crippen LogP contribution >= 0.6 is 0 Å². The fraction of sp³-hybridized carbons (Fsp3) is 0.294. The summed E-state index contributed by atoms with van der Waals surface area (Å²) in [5, 5.41) is 17.2. The van der Waals surface area contributed by atoms with Crippen LogP contribution in [0.15, 0.2) is 34.9 Å². The number of nitrogens with zero attached hydrogens (tertiary/aromatic N) is 1. The molecular formula is C17H19N3O5. The second kappa shape index (κ2) is 8.09. The van der Waals surface area contributed by atoms with Crippen molar-refractivity contribution in [1.29, 1.82) is 0 Å². The molecule has 0 bridgehead atoms. The standard InChI is InChI=1S/C17H19N3O5/c1-10(2)14-8-13(20-25-14)17(24)19-12-5-3-11(4-6-12)7-15(21)18-9-16(22)23/h3-6,8,10H,7,9H2,1-2H3,(H,18,21)(H,19,24)(H,22,23). The summed E-state index contributed by atoms with van der Waals surface area (Å²) in [6.07, 6.45) is 0.0581. The minimum Gasteiger partial charge on any atom is -0.480 e. The molecule has 0 aliphatic heterocycles. The zero-order chi connectivity index (χ0) is 18.4. The molecule has 1 aromatic heterocycles. The number of carbonyl (C=O) groups excluding carboxylic acids is 2. The van der Waals surface area contributed by atoms with Gasteiger partial charge < -0.3 is 20.3 Å². The molecule has 0 fully saturated rings. The normalized spacial score (nSPS) is 10.5. The topological polar surface area (TPSA) is 122 Å². The summed E-state index contributed by atoms with van der Waals surface area (Å²) in [5.74, 6) is -1.10. The number of carbonyl (C=O) groups is 3. The van der Waals surface area contributed by atoms with E-state index in [2.05, 4.69) is 15.8 Å². The molecule has 2 aromatic rings. The van der Waals surface area contributed by atoms with E-state index in [-0.39, 0.29) is 29.8 Å². The third kappa shape index (κ3) is 5.45. The van der Waals surface area contributed by atoms with Crippen molar-refractivity contribution < 1.29 is 24.0 Å². The van der Waals surface area contributed by atoms with Crippen molar-refractivity contribution in [2.45, 2.75) is 26.2 Å². The van der Waals surface area contributed by atoms with Gasteiger partial charge in [-0.1, -0.05) is 31.1 Å². The predicted molar refractivity (Wildman–Crippen MR) is 89.3 cm³/mol. The third-order valence-corrected chi connectivity index (χ3v) is 3.34. The predicted octanol–water partition coefficient (Wildman–Crippen LogP) is 1.79. The quantitative estimate of drug-likeness (QED) is 0.703. The largest absolute Gasteiger partial charge is 0.480 e. The highest BCUT2D eigenvalue weighted by Gasteiger charge is 2.14. The van der Waals surface area contributed by atoms with Crippen LogP contribution in [0.1, 0.15) is 41.6 Å². The lowest BCUT2D eigenvalue weighted by Gasteiger charge is -2.05. The Balaban J connectivity index is 1.92. The van der Waals surface area contributed by atoms with Gasteiger partial charge in [-0.05, 0) is 17.7 Å². The maximum atomic E-state index is 12.1. The van der Waals surface area contributed by atoms with Crippen molar-refractivity contribution in [3.63, 3.8) is 0 Å². The van der Waals surface area contributed by atoms with Gasteiger partial charge in [-0.3, -0.25) is 14.4 Å². The molecule has 8 nitrogen and oxygen atoms in total. The molecule has 25 heavy (non-hydrogen) atoms. The second-order valence-electron chi connectivity index (χ2n) is 5.77. The van der Waals surface area contributed by atoms with Crippen LogP contribution in [-0.2, 0) is 16.0 Å². The Kier molecular flexibility index (Phi) is 5.89. The van der Waals surface area contributed by atoms with Gasteiger partial charge in [0.2, 0.25) is 5.91 Å². The summed E-state index contributed by atoms with van der Waals surface area (Å²) in [7, 11) is 0. The van der Waals surface area contributed by atoms with Crippen molar-refractivity contribution in [3.8, 4) is 0 Å². The maximum absolute atomic E-state index is 12.1. The van der Waals surface area contributed by atoms with Gasteiger partial charge >= 0.3 is 5.97 Å². The number of carboxylic acids is 1. The monoisotopic (exact) mass is 345 g/mol. The number of carboxylic acid groups (broad SMARTS) is 1. The lowest BCUT2D eigenvalue weighted by molar-refractivity contribution is -0.137. The summed E-state index contributed by atoms with van der Waals surface area (Å²) in [6, 6.07) is 8.26. The summed E-state index contributed by atoms with van der Waals surface area (Å²) >= 11 is 0. The van der Waals surface area contributed by atoms with E-state index in [1.807, 2.05) is 13.8 Å². The van der Waals surface area contributed by atoms with Crippen molar-refractivity contribution >= 4 is 23.5 Å². The van der Waals surface area contributed by atoms with Crippen LogP contribution in [-0.4, -0.2) is 34.6 Å². The van der Waals surface area contributed by atoms with E-state index in [0.717, 1.165) is 0 Å². The van der Waals surface area contributed by atoms with E-state index in [4.69, 9.17) is 9.63 Å². The molecule has 0 aliphatic carbocycles. The SMILES string of the molecule is CC(C)c1cc(C(=O)Nc2ccc(CC(=O)NCC(=O)O)cc2)no1. The van der Waals surface area contributed by atoms with Crippen molar-refractivity contribution in [2.75, 3.05) is 11.9 Å². The fourth-order valence-corrected chi connectivity index (χ4v) is 1.99. The van der Waals surface area contributed by atoms with E-state index in [0.29, 0.717) is 17.0 Å². The minimum absolute atomic E-state index is 0.0581. The molecule has 8 heteroatoms. The molecule has 0 unspecified atom stereocenters. The molecule has 0 saturated heterocycles. The third-order valence-electron chi connectivity index (χ3n) is 3.34. The smallest absolute Gasteiger partial charge is 0.322 e. The van der Waals surface area contributed by atoms with Crippen LogP contribution in [0.5, 0.6) is 0 Å². The van der Waals surface area contributed by atoms with Crippen LogP contribution < -0.4 is 10.6 Å². The van der Waals surface area contributed by atoms with E-state index in [1.54, 1.807) is 30.3 Å². The zero-order valence-corrected chi connectivity index (χ0v) is 13.9. The highest BCUT2D eigenvalue weighted by Crippen LogP contribution is 2.16. The molecule has 2 amide bonds. The number of aromatic nitrogens is 1. The Hall–Kier alpha value is -3.16. The zero-order valence-electron chi connectivity index (χ0n) is 13.9. The Labute approximate surface area is 144 Å².